The summed E-state index contributed by atoms with van der Waals surface area (Å²) in [5, 5.41) is 5.46. The molecule has 0 bridgehead atoms. The van der Waals surface area contributed by atoms with Crippen molar-refractivity contribution in [1.82, 2.24) is 15.2 Å². The average molecular weight is 373 g/mol. The summed E-state index contributed by atoms with van der Waals surface area (Å²) in [4.78, 5) is 37.9. The van der Waals surface area contributed by atoms with E-state index in [2.05, 4.69) is 10.6 Å². The Hall–Kier alpha value is -2.83. The number of carbonyl (C=O) groups excluding carboxylic acids is 2. The van der Waals surface area contributed by atoms with Crippen LogP contribution in [-0.4, -0.2) is 22.4 Å². The number of rotatable bonds is 7. The zero-order valence-corrected chi connectivity index (χ0v) is 16.4. The monoisotopic (exact) mass is 373 g/mol. The Kier molecular flexibility index (Phi) is 6.60. The molecule has 0 aliphatic carbocycles. The molecule has 0 saturated carbocycles. The van der Waals surface area contributed by atoms with Gasteiger partial charge >= 0.3 is 0 Å². The largest absolute Gasteiger partial charge is 0.467 e. The standard InChI is InChI=1S/C20H27N3O4/c1-12(2)9-23-10-15(19(25)21-13(3)4)18(24)16(11-23)20(26)22-14(5)17-7-6-8-27-17/h6-8,10-14H,9H2,1-5H3,(H,21,25)(H,22,26). The van der Waals surface area contributed by atoms with Crippen molar-refractivity contribution in [2.45, 2.75) is 53.2 Å². The molecule has 2 aromatic rings. The van der Waals surface area contributed by atoms with Crippen molar-refractivity contribution in [3.63, 3.8) is 0 Å². The van der Waals surface area contributed by atoms with Gasteiger partial charge in [0.1, 0.15) is 16.9 Å². The number of hydrogen-bond acceptors (Lipinski definition) is 4. The molecule has 0 saturated heterocycles. The lowest BCUT2D eigenvalue weighted by atomic mass is 10.1. The highest BCUT2D eigenvalue weighted by Gasteiger charge is 2.22. The van der Waals surface area contributed by atoms with Crippen LogP contribution in [0.5, 0.6) is 0 Å². The van der Waals surface area contributed by atoms with E-state index in [1.165, 1.54) is 18.7 Å². The van der Waals surface area contributed by atoms with Crippen molar-refractivity contribution in [2.75, 3.05) is 0 Å². The fourth-order valence-corrected chi connectivity index (χ4v) is 2.70. The number of hydrogen-bond donors (Lipinski definition) is 2. The third kappa shape index (κ3) is 5.32. The third-order valence-electron chi connectivity index (χ3n) is 3.88. The summed E-state index contributed by atoms with van der Waals surface area (Å²) in [7, 11) is 0. The third-order valence-corrected chi connectivity index (χ3v) is 3.88. The molecule has 1 atom stereocenters. The van der Waals surface area contributed by atoms with Crippen LogP contribution in [0.25, 0.3) is 0 Å². The van der Waals surface area contributed by atoms with Crippen LogP contribution in [0.3, 0.4) is 0 Å². The van der Waals surface area contributed by atoms with Gasteiger partial charge in [0.05, 0.1) is 12.3 Å². The van der Waals surface area contributed by atoms with Gasteiger partial charge in [-0.25, -0.2) is 0 Å². The Morgan fingerprint density at radius 2 is 1.63 bits per heavy atom. The molecule has 0 fully saturated rings. The topological polar surface area (TPSA) is 93.3 Å². The van der Waals surface area contributed by atoms with E-state index in [1.54, 1.807) is 23.6 Å². The van der Waals surface area contributed by atoms with Crippen molar-refractivity contribution < 1.29 is 14.0 Å². The second-order valence-electron chi connectivity index (χ2n) is 7.34. The Morgan fingerprint density at radius 3 is 2.11 bits per heavy atom. The number of furan rings is 1. The lowest BCUT2D eigenvalue weighted by Crippen LogP contribution is -2.38. The van der Waals surface area contributed by atoms with Crippen LogP contribution in [0.15, 0.2) is 40.0 Å². The fraction of sp³-hybridized carbons (Fsp3) is 0.450. The highest BCUT2D eigenvalue weighted by Crippen LogP contribution is 2.13. The van der Waals surface area contributed by atoms with Gasteiger partial charge in [0.25, 0.3) is 11.8 Å². The van der Waals surface area contributed by atoms with Crippen LogP contribution in [0.1, 0.15) is 67.1 Å². The van der Waals surface area contributed by atoms with E-state index in [1.807, 2.05) is 27.7 Å². The summed E-state index contributed by atoms with van der Waals surface area (Å²) in [6.45, 7) is 10.0. The van der Waals surface area contributed by atoms with E-state index in [9.17, 15) is 14.4 Å². The molecule has 0 spiro atoms. The second kappa shape index (κ2) is 8.70. The average Bonchev–Trinajstić information content (AvgIpc) is 3.09. The summed E-state index contributed by atoms with van der Waals surface area (Å²) < 4.78 is 7.00. The van der Waals surface area contributed by atoms with Gasteiger partial charge in [0.15, 0.2) is 0 Å². The zero-order valence-electron chi connectivity index (χ0n) is 16.4. The number of aromatic nitrogens is 1. The summed E-state index contributed by atoms with van der Waals surface area (Å²) in [5.41, 5.74) is -0.689. The van der Waals surface area contributed by atoms with Crippen molar-refractivity contribution >= 4 is 11.8 Å². The number of amides is 2. The highest BCUT2D eigenvalue weighted by atomic mass is 16.3. The number of nitrogens with zero attached hydrogens (tertiary/aromatic N) is 1. The van der Waals surface area contributed by atoms with E-state index < -0.39 is 23.3 Å². The maximum Gasteiger partial charge on any atom is 0.257 e. The van der Waals surface area contributed by atoms with Gasteiger partial charge in [0, 0.05) is 25.0 Å². The second-order valence-corrected chi connectivity index (χ2v) is 7.34. The Labute approximate surface area is 158 Å². The first-order chi connectivity index (χ1) is 12.7. The zero-order chi connectivity index (χ0) is 20.1. The maximum atomic E-state index is 12.8. The normalized spacial score (nSPS) is 12.3. The summed E-state index contributed by atoms with van der Waals surface area (Å²) in [5.74, 6) is -0.159. The van der Waals surface area contributed by atoms with Gasteiger partial charge in [-0.2, -0.15) is 0 Å². The molecule has 1 unspecified atom stereocenters. The van der Waals surface area contributed by atoms with Gasteiger partial charge in [-0.15, -0.1) is 0 Å². The van der Waals surface area contributed by atoms with E-state index in [0.29, 0.717) is 12.3 Å². The molecule has 0 radical (unpaired) electrons. The van der Waals surface area contributed by atoms with E-state index in [4.69, 9.17) is 4.42 Å². The molecule has 0 aromatic carbocycles. The first kappa shape index (κ1) is 20.5. The van der Waals surface area contributed by atoms with Crippen LogP contribution < -0.4 is 16.1 Å². The van der Waals surface area contributed by atoms with E-state index in [-0.39, 0.29) is 23.1 Å². The lowest BCUT2D eigenvalue weighted by molar-refractivity contribution is 0.0933. The molecule has 2 rings (SSSR count). The van der Waals surface area contributed by atoms with Gasteiger partial charge in [-0.05, 0) is 38.8 Å². The molecule has 7 heteroatoms. The first-order valence-electron chi connectivity index (χ1n) is 9.08. The van der Waals surface area contributed by atoms with Crippen LogP contribution in [-0.2, 0) is 6.54 Å². The van der Waals surface area contributed by atoms with Gasteiger partial charge in [-0.3, -0.25) is 14.4 Å². The molecular formula is C20H27N3O4. The first-order valence-corrected chi connectivity index (χ1v) is 9.08. The molecule has 27 heavy (non-hydrogen) atoms. The smallest absolute Gasteiger partial charge is 0.257 e. The Bertz CT molecular complexity index is 851. The quantitative estimate of drug-likeness (QED) is 0.780. The number of pyridine rings is 1. The van der Waals surface area contributed by atoms with Crippen molar-refractivity contribution in [1.29, 1.82) is 0 Å². The molecule has 7 nitrogen and oxygen atoms in total. The van der Waals surface area contributed by atoms with E-state index >= 15 is 0 Å². The Morgan fingerprint density at radius 1 is 1.04 bits per heavy atom. The maximum absolute atomic E-state index is 12.8. The Balaban J connectivity index is 2.39. The number of nitrogens with one attached hydrogen (secondary N) is 2. The van der Waals surface area contributed by atoms with Crippen LogP contribution in [0.2, 0.25) is 0 Å². The molecule has 2 amide bonds. The van der Waals surface area contributed by atoms with Crippen LogP contribution in [0, 0.1) is 5.92 Å². The van der Waals surface area contributed by atoms with Gasteiger partial charge < -0.3 is 19.6 Å². The van der Waals surface area contributed by atoms with Gasteiger partial charge in [0.2, 0.25) is 5.43 Å². The molecule has 146 valence electrons. The minimum atomic E-state index is -0.586. The molecular weight excluding hydrogens is 346 g/mol. The predicted molar refractivity (Wildman–Crippen MR) is 103 cm³/mol. The lowest BCUT2D eigenvalue weighted by Gasteiger charge is -2.16. The van der Waals surface area contributed by atoms with Crippen molar-refractivity contribution in [3.05, 3.63) is 57.9 Å². The molecule has 0 aliphatic heterocycles. The number of carbonyl (C=O) groups is 2. The van der Waals surface area contributed by atoms with Crippen LogP contribution in [0.4, 0.5) is 0 Å². The minimum Gasteiger partial charge on any atom is -0.467 e. The van der Waals surface area contributed by atoms with E-state index in [0.717, 1.165) is 0 Å². The summed E-state index contributed by atoms with van der Waals surface area (Å²) >= 11 is 0. The van der Waals surface area contributed by atoms with Crippen molar-refractivity contribution in [2.24, 2.45) is 5.92 Å². The van der Waals surface area contributed by atoms with Gasteiger partial charge in [-0.1, -0.05) is 13.8 Å². The van der Waals surface area contributed by atoms with Crippen LogP contribution >= 0.6 is 0 Å². The molecule has 2 heterocycles. The fourth-order valence-electron chi connectivity index (χ4n) is 2.70. The SMILES string of the molecule is CC(C)Cn1cc(C(=O)NC(C)C)c(=O)c(C(=O)NC(C)c2ccco2)c1. The predicted octanol–water partition coefficient (Wildman–Crippen LogP) is 2.73. The summed E-state index contributed by atoms with van der Waals surface area (Å²) in [6, 6.07) is 2.95. The minimum absolute atomic E-state index is 0.0392. The molecule has 2 N–H and O–H groups in total. The molecule has 0 aliphatic rings. The summed E-state index contributed by atoms with van der Waals surface area (Å²) in [6.07, 6.45) is 4.52. The van der Waals surface area contributed by atoms with Crippen molar-refractivity contribution in [3.8, 4) is 0 Å². The molecule has 2 aromatic heterocycles. The highest BCUT2D eigenvalue weighted by molar-refractivity contribution is 5.99.